The van der Waals surface area contributed by atoms with Crippen LogP contribution in [0.15, 0.2) is 78.9 Å². The van der Waals surface area contributed by atoms with Gasteiger partial charge in [-0.2, -0.15) is 0 Å². The molecule has 0 spiro atoms. The minimum atomic E-state index is -0.319. The Balaban J connectivity index is 1.46. The molecule has 0 aromatic heterocycles. The lowest BCUT2D eigenvalue weighted by Crippen LogP contribution is -1.94. The van der Waals surface area contributed by atoms with Crippen LogP contribution in [-0.4, -0.2) is 0 Å². The lowest BCUT2D eigenvalue weighted by Gasteiger charge is -2.09. The lowest BCUT2D eigenvalue weighted by atomic mass is 9.97. The first-order valence-corrected chi connectivity index (χ1v) is 11.2. The molecular formula is C29H28F2. The van der Waals surface area contributed by atoms with Gasteiger partial charge in [0, 0.05) is 10.9 Å². The fourth-order valence-electron chi connectivity index (χ4n) is 4.09. The van der Waals surface area contributed by atoms with Gasteiger partial charge < -0.3 is 0 Å². The number of benzene rings is 4. The molecule has 0 radical (unpaired) electrons. The highest BCUT2D eigenvalue weighted by Crippen LogP contribution is 2.30. The molecule has 4 aromatic rings. The summed E-state index contributed by atoms with van der Waals surface area (Å²) >= 11 is 0. The highest BCUT2D eigenvalue weighted by molar-refractivity contribution is 5.88. The Morgan fingerprint density at radius 2 is 1.26 bits per heavy atom. The van der Waals surface area contributed by atoms with Gasteiger partial charge in [-0.15, -0.1) is 0 Å². The number of rotatable bonds is 8. The number of hydrogen-bond acceptors (Lipinski definition) is 0. The fraction of sp³-hybridized carbons (Fsp3) is 0.241. The third kappa shape index (κ3) is 5.19. The van der Waals surface area contributed by atoms with Crippen LogP contribution in [0.5, 0.6) is 0 Å². The summed E-state index contributed by atoms with van der Waals surface area (Å²) in [7, 11) is 0. The second-order valence-corrected chi connectivity index (χ2v) is 8.26. The van der Waals surface area contributed by atoms with E-state index in [9.17, 15) is 4.39 Å². The summed E-state index contributed by atoms with van der Waals surface area (Å²) in [6, 6.07) is 24.6. The van der Waals surface area contributed by atoms with Crippen LogP contribution in [0.1, 0.15) is 42.9 Å². The molecule has 158 valence electrons. The molecule has 2 heteroatoms. The van der Waals surface area contributed by atoms with Crippen molar-refractivity contribution in [1.29, 1.82) is 0 Å². The van der Waals surface area contributed by atoms with Crippen molar-refractivity contribution in [3.8, 4) is 11.1 Å². The van der Waals surface area contributed by atoms with Crippen LogP contribution in [0.25, 0.3) is 21.9 Å². The van der Waals surface area contributed by atoms with Crippen molar-refractivity contribution >= 4 is 10.8 Å². The average molecular weight is 415 g/mol. The molecular weight excluding hydrogens is 386 g/mol. The molecule has 0 atom stereocenters. The Bertz CT molecular complexity index is 1140. The molecule has 0 fully saturated rings. The van der Waals surface area contributed by atoms with E-state index in [0.717, 1.165) is 24.6 Å². The van der Waals surface area contributed by atoms with Crippen LogP contribution >= 0.6 is 0 Å². The first-order chi connectivity index (χ1) is 15.1. The number of aryl methyl sites for hydroxylation is 3. The number of unbranched alkanes of at least 4 members (excludes halogenated alkanes) is 2. The molecule has 4 rings (SSSR count). The summed E-state index contributed by atoms with van der Waals surface area (Å²) in [4.78, 5) is 0. The normalized spacial score (nSPS) is 11.2. The fourth-order valence-corrected chi connectivity index (χ4v) is 4.09. The summed E-state index contributed by atoms with van der Waals surface area (Å²) < 4.78 is 28.3. The maximum absolute atomic E-state index is 15.1. The predicted octanol–water partition coefficient (Wildman–Crippen LogP) is 8.30. The Kier molecular flexibility index (Phi) is 6.76. The van der Waals surface area contributed by atoms with Crippen molar-refractivity contribution in [2.45, 2.75) is 45.4 Å². The minimum absolute atomic E-state index is 0.255. The molecule has 0 amide bonds. The molecule has 0 nitrogen and oxygen atoms in total. The van der Waals surface area contributed by atoms with Crippen LogP contribution < -0.4 is 0 Å². The first kappa shape index (κ1) is 21.2. The molecule has 0 N–H and O–H groups in total. The standard InChI is InChI=1S/C29H28F2/c1-2-3-4-5-21-6-8-22(9-7-21)10-11-23-12-18-28-25(20-23)15-19-27(29(28)31)24-13-16-26(30)17-14-24/h6-9,12-20H,2-5,10-11H2,1H3. The molecule has 0 aliphatic heterocycles. The zero-order chi connectivity index (χ0) is 21.6. The molecule has 31 heavy (non-hydrogen) atoms. The van der Waals surface area contributed by atoms with E-state index in [0.29, 0.717) is 16.5 Å². The Hall–Kier alpha value is -3.00. The molecule has 0 unspecified atom stereocenters. The number of halogens is 2. The predicted molar refractivity (Wildman–Crippen MR) is 126 cm³/mol. The molecule has 0 heterocycles. The second kappa shape index (κ2) is 9.87. The number of fused-ring (bicyclic) bond motifs is 1. The topological polar surface area (TPSA) is 0 Å². The van der Waals surface area contributed by atoms with E-state index in [1.165, 1.54) is 48.1 Å². The van der Waals surface area contributed by atoms with Gasteiger partial charge in [-0.1, -0.05) is 86.5 Å². The Morgan fingerprint density at radius 3 is 1.97 bits per heavy atom. The van der Waals surface area contributed by atoms with Gasteiger partial charge in [-0.3, -0.25) is 0 Å². The summed E-state index contributed by atoms with van der Waals surface area (Å²) in [6.07, 6.45) is 6.84. The van der Waals surface area contributed by atoms with Crippen LogP contribution in [0.2, 0.25) is 0 Å². The van der Waals surface area contributed by atoms with Crippen molar-refractivity contribution in [2.24, 2.45) is 0 Å². The molecule has 4 aromatic carbocycles. The van der Waals surface area contributed by atoms with Crippen molar-refractivity contribution in [2.75, 3.05) is 0 Å². The highest BCUT2D eigenvalue weighted by atomic mass is 19.1. The van der Waals surface area contributed by atoms with E-state index >= 15 is 4.39 Å². The molecule has 0 saturated heterocycles. The summed E-state index contributed by atoms with van der Waals surface area (Å²) in [5, 5.41) is 1.49. The Morgan fingerprint density at radius 1 is 0.613 bits per heavy atom. The first-order valence-electron chi connectivity index (χ1n) is 11.2. The highest BCUT2D eigenvalue weighted by Gasteiger charge is 2.10. The molecule has 0 aliphatic rings. The van der Waals surface area contributed by atoms with Gasteiger partial charge in [-0.05, 0) is 65.5 Å². The van der Waals surface area contributed by atoms with Crippen LogP contribution in [0.4, 0.5) is 8.78 Å². The van der Waals surface area contributed by atoms with E-state index in [2.05, 4.69) is 37.3 Å². The minimum Gasteiger partial charge on any atom is -0.207 e. The SMILES string of the molecule is CCCCCc1ccc(CCc2ccc3c(F)c(-c4ccc(F)cc4)ccc3c2)cc1. The number of hydrogen-bond donors (Lipinski definition) is 0. The molecule has 0 aliphatic carbocycles. The van der Waals surface area contributed by atoms with Crippen molar-refractivity contribution in [1.82, 2.24) is 0 Å². The third-order valence-corrected chi connectivity index (χ3v) is 5.97. The van der Waals surface area contributed by atoms with E-state index in [4.69, 9.17) is 0 Å². The van der Waals surface area contributed by atoms with Crippen LogP contribution in [0.3, 0.4) is 0 Å². The summed E-state index contributed by atoms with van der Waals surface area (Å²) in [5.74, 6) is -0.574. The second-order valence-electron chi connectivity index (χ2n) is 8.26. The quantitative estimate of drug-likeness (QED) is 0.254. The van der Waals surface area contributed by atoms with Gasteiger partial charge in [0.1, 0.15) is 11.6 Å². The summed E-state index contributed by atoms with van der Waals surface area (Å²) in [6.45, 7) is 2.23. The van der Waals surface area contributed by atoms with Crippen LogP contribution in [-0.2, 0) is 19.3 Å². The third-order valence-electron chi connectivity index (χ3n) is 5.97. The van der Waals surface area contributed by atoms with Gasteiger partial charge in [0.25, 0.3) is 0 Å². The zero-order valence-electron chi connectivity index (χ0n) is 18.0. The maximum Gasteiger partial charge on any atom is 0.138 e. The molecule has 0 saturated carbocycles. The van der Waals surface area contributed by atoms with Gasteiger partial charge in [0.15, 0.2) is 0 Å². The Labute approximate surface area is 183 Å². The van der Waals surface area contributed by atoms with Crippen molar-refractivity contribution < 1.29 is 8.78 Å². The van der Waals surface area contributed by atoms with E-state index in [-0.39, 0.29) is 11.6 Å². The average Bonchev–Trinajstić information content (AvgIpc) is 2.80. The zero-order valence-corrected chi connectivity index (χ0v) is 18.0. The van der Waals surface area contributed by atoms with Crippen molar-refractivity contribution in [3.05, 3.63) is 107 Å². The van der Waals surface area contributed by atoms with Crippen molar-refractivity contribution in [3.63, 3.8) is 0 Å². The van der Waals surface area contributed by atoms with E-state index in [1.54, 1.807) is 18.2 Å². The van der Waals surface area contributed by atoms with E-state index < -0.39 is 0 Å². The maximum atomic E-state index is 15.1. The molecule has 0 bridgehead atoms. The van der Waals surface area contributed by atoms with Gasteiger partial charge >= 0.3 is 0 Å². The summed E-state index contributed by atoms with van der Waals surface area (Å²) in [5.41, 5.74) is 5.13. The van der Waals surface area contributed by atoms with Gasteiger partial charge in [0.05, 0.1) is 0 Å². The smallest absolute Gasteiger partial charge is 0.138 e. The van der Waals surface area contributed by atoms with Crippen LogP contribution in [0, 0.1) is 11.6 Å². The van der Waals surface area contributed by atoms with E-state index in [1.807, 2.05) is 18.2 Å². The largest absolute Gasteiger partial charge is 0.207 e. The van der Waals surface area contributed by atoms with Gasteiger partial charge in [0.2, 0.25) is 0 Å². The van der Waals surface area contributed by atoms with Gasteiger partial charge in [-0.25, -0.2) is 8.78 Å². The monoisotopic (exact) mass is 414 g/mol. The lowest BCUT2D eigenvalue weighted by molar-refractivity contribution is 0.627.